The van der Waals surface area contributed by atoms with Gasteiger partial charge in [-0.3, -0.25) is 10.1 Å². The van der Waals surface area contributed by atoms with Crippen molar-refractivity contribution in [3.8, 4) is 5.75 Å². The first-order valence-corrected chi connectivity index (χ1v) is 8.97. The normalized spacial score (nSPS) is 10.1. The number of rotatable bonds is 5. The minimum atomic E-state index is -0.286. The molecule has 0 fully saturated rings. The third-order valence-electron chi connectivity index (χ3n) is 3.96. The highest BCUT2D eigenvalue weighted by Crippen LogP contribution is 2.16. The molecule has 0 spiro atoms. The average Bonchev–Trinajstić information content (AvgIpc) is 2.69. The van der Waals surface area contributed by atoms with Gasteiger partial charge in [0.2, 0.25) is 0 Å². The third kappa shape index (κ3) is 5.39. The molecule has 3 rings (SSSR count). The van der Waals surface area contributed by atoms with E-state index in [9.17, 15) is 4.79 Å². The highest BCUT2D eigenvalue weighted by atomic mass is 32.1. The van der Waals surface area contributed by atoms with Crippen LogP contribution in [0.4, 0.5) is 5.69 Å². The number of ether oxygens (including phenoxy) is 1. The van der Waals surface area contributed by atoms with Crippen LogP contribution in [0.2, 0.25) is 0 Å². The largest absolute Gasteiger partial charge is 0.489 e. The van der Waals surface area contributed by atoms with Gasteiger partial charge in [-0.15, -0.1) is 0 Å². The summed E-state index contributed by atoms with van der Waals surface area (Å²) in [4.78, 5) is 12.5. The zero-order valence-electron chi connectivity index (χ0n) is 14.9. The monoisotopic (exact) mass is 376 g/mol. The van der Waals surface area contributed by atoms with Crippen molar-refractivity contribution in [3.63, 3.8) is 0 Å². The summed E-state index contributed by atoms with van der Waals surface area (Å²) in [7, 11) is 0. The smallest absolute Gasteiger partial charge is 0.257 e. The fourth-order valence-electron chi connectivity index (χ4n) is 2.51. The van der Waals surface area contributed by atoms with Gasteiger partial charge in [-0.25, -0.2) is 0 Å². The van der Waals surface area contributed by atoms with Crippen molar-refractivity contribution in [3.05, 3.63) is 95.6 Å². The molecular weight excluding hydrogens is 356 g/mol. The average molecular weight is 376 g/mol. The number of hydrogen-bond acceptors (Lipinski definition) is 3. The molecule has 0 saturated carbocycles. The Bertz CT molecular complexity index is 942. The Balaban J connectivity index is 1.59. The zero-order valence-corrected chi connectivity index (χ0v) is 15.8. The van der Waals surface area contributed by atoms with Gasteiger partial charge >= 0.3 is 0 Å². The molecule has 0 atom stereocenters. The lowest BCUT2D eigenvalue weighted by Gasteiger charge is -2.12. The minimum Gasteiger partial charge on any atom is -0.489 e. The van der Waals surface area contributed by atoms with E-state index in [4.69, 9.17) is 17.0 Å². The molecule has 5 heteroatoms. The Morgan fingerprint density at radius 2 is 1.70 bits per heavy atom. The minimum absolute atomic E-state index is 0.255. The van der Waals surface area contributed by atoms with Gasteiger partial charge in [-0.1, -0.05) is 54.6 Å². The summed E-state index contributed by atoms with van der Waals surface area (Å²) < 4.78 is 5.77. The van der Waals surface area contributed by atoms with Gasteiger partial charge in [0.15, 0.2) is 5.11 Å². The van der Waals surface area contributed by atoms with Gasteiger partial charge in [0.25, 0.3) is 5.91 Å². The molecule has 136 valence electrons. The Kier molecular flexibility index (Phi) is 6.18. The second-order valence-electron chi connectivity index (χ2n) is 6.03. The summed E-state index contributed by atoms with van der Waals surface area (Å²) in [6.45, 7) is 2.42. The number of nitrogens with one attached hydrogen (secondary N) is 2. The molecule has 27 heavy (non-hydrogen) atoms. The number of hydrogen-bond donors (Lipinski definition) is 2. The molecule has 3 aromatic rings. The number of anilines is 1. The molecule has 0 aliphatic rings. The van der Waals surface area contributed by atoms with Crippen LogP contribution in [0.3, 0.4) is 0 Å². The Morgan fingerprint density at radius 1 is 0.963 bits per heavy atom. The number of aryl methyl sites for hydroxylation is 1. The lowest BCUT2D eigenvalue weighted by atomic mass is 10.2. The summed E-state index contributed by atoms with van der Waals surface area (Å²) in [6, 6.07) is 24.6. The number of amides is 1. The van der Waals surface area contributed by atoms with Gasteiger partial charge in [0, 0.05) is 11.3 Å². The quantitative estimate of drug-likeness (QED) is 0.634. The van der Waals surface area contributed by atoms with Crippen molar-refractivity contribution in [1.82, 2.24) is 5.32 Å². The van der Waals surface area contributed by atoms with Crippen LogP contribution in [-0.4, -0.2) is 11.0 Å². The van der Waals surface area contributed by atoms with Crippen LogP contribution in [0.1, 0.15) is 21.5 Å². The number of carbonyl (C=O) groups excluding carboxylic acids is 1. The van der Waals surface area contributed by atoms with Crippen LogP contribution in [0, 0.1) is 6.92 Å². The molecule has 0 unspecified atom stereocenters. The molecule has 1 amide bonds. The van der Waals surface area contributed by atoms with Crippen molar-refractivity contribution in [1.29, 1.82) is 0 Å². The highest BCUT2D eigenvalue weighted by Gasteiger charge is 2.10. The topological polar surface area (TPSA) is 50.4 Å². The van der Waals surface area contributed by atoms with E-state index in [0.717, 1.165) is 16.8 Å². The van der Waals surface area contributed by atoms with Gasteiger partial charge in [-0.05, 0) is 54.5 Å². The molecule has 2 N–H and O–H groups in total. The number of benzene rings is 3. The first kappa shape index (κ1) is 18.6. The van der Waals surface area contributed by atoms with Crippen LogP contribution in [-0.2, 0) is 6.61 Å². The van der Waals surface area contributed by atoms with E-state index in [-0.39, 0.29) is 11.0 Å². The van der Waals surface area contributed by atoms with E-state index in [1.165, 1.54) is 0 Å². The first-order valence-electron chi connectivity index (χ1n) is 8.56. The van der Waals surface area contributed by atoms with Crippen molar-refractivity contribution < 1.29 is 9.53 Å². The maximum atomic E-state index is 12.5. The Hall–Kier alpha value is -3.18. The molecule has 0 saturated heterocycles. The van der Waals surface area contributed by atoms with Crippen molar-refractivity contribution >= 4 is 28.9 Å². The second-order valence-corrected chi connectivity index (χ2v) is 6.43. The van der Waals surface area contributed by atoms with Gasteiger partial charge in [-0.2, -0.15) is 0 Å². The van der Waals surface area contributed by atoms with Gasteiger partial charge < -0.3 is 10.1 Å². The lowest BCUT2D eigenvalue weighted by Crippen LogP contribution is -2.34. The number of carbonyl (C=O) groups is 1. The number of thiocarbonyl (C=S) groups is 1. The SMILES string of the molecule is Cc1ccccc1NC(=S)NC(=O)c1cccc(OCc2ccccc2)c1. The summed E-state index contributed by atoms with van der Waals surface area (Å²) in [5.41, 5.74) is 3.46. The van der Waals surface area contributed by atoms with E-state index in [1.807, 2.05) is 67.6 Å². The summed E-state index contributed by atoms with van der Waals surface area (Å²) >= 11 is 5.25. The zero-order chi connectivity index (χ0) is 19.1. The van der Waals surface area contributed by atoms with E-state index in [1.54, 1.807) is 18.2 Å². The van der Waals surface area contributed by atoms with Crippen LogP contribution in [0.15, 0.2) is 78.9 Å². The molecule has 3 aromatic carbocycles. The van der Waals surface area contributed by atoms with E-state index in [2.05, 4.69) is 10.6 Å². The number of para-hydroxylation sites is 1. The van der Waals surface area contributed by atoms with E-state index >= 15 is 0 Å². The molecule has 0 aliphatic carbocycles. The summed E-state index contributed by atoms with van der Waals surface area (Å²) in [5.74, 6) is 0.343. The maximum Gasteiger partial charge on any atom is 0.257 e. The van der Waals surface area contributed by atoms with Gasteiger partial charge in [0.1, 0.15) is 12.4 Å². The molecule has 0 aliphatic heterocycles. The van der Waals surface area contributed by atoms with Gasteiger partial charge in [0.05, 0.1) is 0 Å². The summed E-state index contributed by atoms with van der Waals surface area (Å²) in [6.07, 6.45) is 0. The fraction of sp³-hybridized carbons (Fsp3) is 0.0909. The predicted molar refractivity (Wildman–Crippen MR) is 112 cm³/mol. The van der Waals surface area contributed by atoms with Crippen molar-refractivity contribution in [2.75, 3.05) is 5.32 Å². The van der Waals surface area contributed by atoms with Crippen LogP contribution >= 0.6 is 12.2 Å². The lowest BCUT2D eigenvalue weighted by molar-refractivity contribution is 0.0977. The van der Waals surface area contributed by atoms with E-state index in [0.29, 0.717) is 17.9 Å². The molecule has 0 bridgehead atoms. The van der Waals surface area contributed by atoms with Crippen molar-refractivity contribution in [2.24, 2.45) is 0 Å². The fourth-order valence-corrected chi connectivity index (χ4v) is 2.71. The molecule has 0 radical (unpaired) electrons. The maximum absolute atomic E-state index is 12.5. The van der Waals surface area contributed by atoms with Crippen LogP contribution < -0.4 is 15.4 Å². The third-order valence-corrected chi connectivity index (χ3v) is 4.17. The Labute approximate surface area is 164 Å². The van der Waals surface area contributed by atoms with Crippen LogP contribution in [0.5, 0.6) is 5.75 Å². The van der Waals surface area contributed by atoms with Crippen molar-refractivity contribution in [2.45, 2.75) is 13.5 Å². The Morgan fingerprint density at radius 3 is 2.48 bits per heavy atom. The van der Waals surface area contributed by atoms with E-state index < -0.39 is 0 Å². The van der Waals surface area contributed by atoms with Crippen LogP contribution in [0.25, 0.3) is 0 Å². The standard InChI is InChI=1S/C22H20N2O2S/c1-16-8-5-6-13-20(16)23-22(27)24-21(25)18-11-7-12-19(14-18)26-15-17-9-3-2-4-10-17/h2-14H,15H2,1H3,(H2,23,24,25,27). The summed E-state index contributed by atoms with van der Waals surface area (Å²) in [5, 5.41) is 5.99. The second kappa shape index (κ2) is 8.96. The highest BCUT2D eigenvalue weighted by molar-refractivity contribution is 7.80. The molecular formula is C22H20N2O2S. The molecule has 4 nitrogen and oxygen atoms in total. The first-order chi connectivity index (χ1) is 13.1. The molecule has 0 aromatic heterocycles. The molecule has 0 heterocycles. The predicted octanol–water partition coefficient (Wildman–Crippen LogP) is 4.70.